The van der Waals surface area contributed by atoms with Crippen LogP contribution in [0.25, 0.3) is 0 Å². The number of nitrogens with one attached hydrogen (secondary N) is 1. The SMILES string of the molecule is O=C(O)c1ccccc1S(=O)(=O)O.c1cc[nH]c1. The first-order valence-electron chi connectivity index (χ1n) is 4.80. The predicted molar refractivity (Wildman–Crippen MR) is 64.0 cm³/mol. The van der Waals surface area contributed by atoms with Crippen LogP contribution >= 0.6 is 0 Å². The number of benzene rings is 1. The van der Waals surface area contributed by atoms with E-state index in [-0.39, 0.29) is 0 Å². The van der Waals surface area contributed by atoms with Crippen LogP contribution in [-0.2, 0) is 10.1 Å². The zero-order chi connectivity index (χ0) is 13.6. The van der Waals surface area contributed by atoms with E-state index in [1.165, 1.54) is 12.1 Å². The lowest BCUT2D eigenvalue weighted by Gasteiger charge is -2.00. The summed E-state index contributed by atoms with van der Waals surface area (Å²) in [7, 11) is -4.46. The molecule has 0 aliphatic rings. The number of carboxylic acids is 1. The third-order valence-corrected chi connectivity index (χ3v) is 2.80. The van der Waals surface area contributed by atoms with Crippen LogP contribution in [0.4, 0.5) is 0 Å². The maximum Gasteiger partial charge on any atom is 0.337 e. The second-order valence-corrected chi connectivity index (χ2v) is 4.55. The molecule has 0 spiro atoms. The van der Waals surface area contributed by atoms with Gasteiger partial charge in [-0.3, -0.25) is 4.55 Å². The lowest BCUT2D eigenvalue weighted by Crippen LogP contribution is -2.07. The Morgan fingerprint density at radius 2 is 1.61 bits per heavy atom. The van der Waals surface area contributed by atoms with E-state index >= 15 is 0 Å². The van der Waals surface area contributed by atoms with E-state index in [0.717, 1.165) is 12.1 Å². The van der Waals surface area contributed by atoms with Gasteiger partial charge in [-0.25, -0.2) is 4.79 Å². The summed E-state index contributed by atoms with van der Waals surface area (Å²) < 4.78 is 29.9. The molecule has 0 radical (unpaired) electrons. The summed E-state index contributed by atoms with van der Waals surface area (Å²) >= 11 is 0. The van der Waals surface area contributed by atoms with Crippen LogP contribution in [0.1, 0.15) is 10.4 Å². The molecule has 0 saturated carbocycles. The lowest BCUT2D eigenvalue weighted by molar-refractivity contribution is 0.0692. The van der Waals surface area contributed by atoms with E-state index in [1.54, 1.807) is 0 Å². The molecule has 7 heteroatoms. The highest BCUT2D eigenvalue weighted by Gasteiger charge is 2.18. The topological polar surface area (TPSA) is 107 Å². The monoisotopic (exact) mass is 269 g/mol. The Labute approximate surface area is 104 Å². The summed E-state index contributed by atoms with van der Waals surface area (Å²) in [6.07, 6.45) is 3.75. The zero-order valence-electron chi connectivity index (χ0n) is 9.15. The molecule has 0 fully saturated rings. The van der Waals surface area contributed by atoms with Gasteiger partial charge in [0.25, 0.3) is 10.1 Å². The maximum absolute atomic E-state index is 10.7. The number of H-pyrrole nitrogens is 1. The van der Waals surface area contributed by atoms with E-state index in [0.29, 0.717) is 0 Å². The highest BCUT2D eigenvalue weighted by atomic mass is 32.2. The van der Waals surface area contributed by atoms with Crippen LogP contribution < -0.4 is 0 Å². The van der Waals surface area contributed by atoms with Crippen molar-refractivity contribution in [1.82, 2.24) is 4.98 Å². The Morgan fingerprint density at radius 3 is 1.94 bits per heavy atom. The van der Waals surface area contributed by atoms with Gasteiger partial charge in [-0.15, -0.1) is 0 Å². The fourth-order valence-corrected chi connectivity index (χ4v) is 1.83. The Kier molecular flexibility index (Phi) is 4.64. The van der Waals surface area contributed by atoms with Gasteiger partial charge >= 0.3 is 5.97 Å². The fourth-order valence-electron chi connectivity index (χ4n) is 1.15. The second-order valence-electron chi connectivity index (χ2n) is 3.16. The summed E-state index contributed by atoms with van der Waals surface area (Å²) in [5, 5.41) is 8.55. The summed E-state index contributed by atoms with van der Waals surface area (Å²) in [6.45, 7) is 0. The molecule has 0 aliphatic heterocycles. The maximum atomic E-state index is 10.7. The van der Waals surface area contributed by atoms with Crippen molar-refractivity contribution in [2.45, 2.75) is 4.90 Å². The third kappa shape index (κ3) is 4.04. The molecule has 0 aliphatic carbocycles. The first kappa shape index (κ1) is 13.9. The number of carboxylic acid groups (broad SMARTS) is 1. The van der Waals surface area contributed by atoms with Crippen molar-refractivity contribution in [2.75, 3.05) is 0 Å². The van der Waals surface area contributed by atoms with Gasteiger partial charge in [0.05, 0.1) is 5.56 Å². The molecular formula is C11H11NO5S. The Hall–Kier alpha value is -2.12. The molecule has 18 heavy (non-hydrogen) atoms. The molecule has 1 aromatic heterocycles. The van der Waals surface area contributed by atoms with Crippen LogP contribution in [0.3, 0.4) is 0 Å². The molecule has 1 heterocycles. The first-order chi connectivity index (χ1) is 8.43. The number of aromatic nitrogens is 1. The van der Waals surface area contributed by atoms with Crippen molar-refractivity contribution < 1.29 is 22.9 Å². The van der Waals surface area contributed by atoms with Gasteiger partial charge in [-0.2, -0.15) is 8.42 Å². The summed E-state index contributed by atoms with van der Waals surface area (Å²) in [5.41, 5.74) is -0.440. The molecular weight excluding hydrogens is 258 g/mol. The molecule has 0 atom stereocenters. The molecule has 3 N–H and O–H groups in total. The van der Waals surface area contributed by atoms with Crippen molar-refractivity contribution in [3.63, 3.8) is 0 Å². The van der Waals surface area contributed by atoms with Gasteiger partial charge in [-0.05, 0) is 24.3 Å². The molecule has 96 valence electrons. The third-order valence-electron chi connectivity index (χ3n) is 1.89. The van der Waals surface area contributed by atoms with E-state index in [1.807, 2.05) is 24.5 Å². The average molecular weight is 269 g/mol. The summed E-state index contributed by atoms with van der Waals surface area (Å²) in [4.78, 5) is 12.8. The van der Waals surface area contributed by atoms with Crippen LogP contribution in [0, 0.1) is 0 Å². The highest BCUT2D eigenvalue weighted by Crippen LogP contribution is 2.14. The number of aromatic amines is 1. The van der Waals surface area contributed by atoms with E-state index in [4.69, 9.17) is 9.66 Å². The highest BCUT2D eigenvalue weighted by molar-refractivity contribution is 7.86. The molecule has 0 saturated heterocycles. The van der Waals surface area contributed by atoms with Crippen molar-refractivity contribution in [3.8, 4) is 0 Å². The van der Waals surface area contributed by atoms with Crippen molar-refractivity contribution >= 4 is 16.1 Å². The molecule has 0 bridgehead atoms. The summed E-state index contributed by atoms with van der Waals surface area (Å²) in [6, 6.07) is 8.72. The van der Waals surface area contributed by atoms with Crippen LogP contribution in [0.2, 0.25) is 0 Å². The van der Waals surface area contributed by atoms with Gasteiger partial charge in [0, 0.05) is 12.4 Å². The van der Waals surface area contributed by atoms with E-state index in [9.17, 15) is 13.2 Å². The molecule has 0 unspecified atom stereocenters. The number of carbonyl (C=O) groups is 1. The second kappa shape index (κ2) is 5.99. The van der Waals surface area contributed by atoms with Gasteiger partial charge < -0.3 is 10.1 Å². The van der Waals surface area contributed by atoms with Gasteiger partial charge in [0.1, 0.15) is 4.90 Å². The van der Waals surface area contributed by atoms with Crippen molar-refractivity contribution in [3.05, 3.63) is 54.4 Å². The predicted octanol–water partition coefficient (Wildman–Crippen LogP) is 1.65. The van der Waals surface area contributed by atoms with Gasteiger partial charge in [0.2, 0.25) is 0 Å². The fraction of sp³-hybridized carbons (Fsp3) is 0. The van der Waals surface area contributed by atoms with Gasteiger partial charge in [-0.1, -0.05) is 12.1 Å². The Balaban J connectivity index is 0.000000269. The van der Waals surface area contributed by atoms with Crippen LogP contribution in [0.15, 0.2) is 53.7 Å². The lowest BCUT2D eigenvalue weighted by atomic mass is 10.2. The minimum atomic E-state index is -4.46. The van der Waals surface area contributed by atoms with Crippen LogP contribution in [-0.4, -0.2) is 29.0 Å². The number of rotatable bonds is 2. The molecule has 1 aromatic carbocycles. The quantitative estimate of drug-likeness (QED) is 0.718. The van der Waals surface area contributed by atoms with Gasteiger partial charge in [0.15, 0.2) is 0 Å². The van der Waals surface area contributed by atoms with E-state index < -0.39 is 26.5 Å². The number of hydrogen-bond donors (Lipinski definition) is 3. The molecule has 0 amide bonds. The van der Waals surface area contributed by atoms with E-state index in [2.05, 4.69) is 4.98 Å². The van der Waals surface area contributed by atoms with Crippen molar-refractivity contribution in [1.29, 1.82) is 0 Å². The standard InChI is InChI=1S/C7H6O5S.C4H5N/c8-7(9)5-3-1-2-4-6(5)13(10,11)12;1-2-4-5-3-1/h1-4H,(H,8,9)(H,10,11,12);1-5H. The Bertz CT molecular complexity index is 587. The molecule has 2 rings (SSSR count). The Morgan fingerprint density at radius 1 is 1.06 bits per heavy atom. The normalized spacial score (nSPS) is 10.3. The molecule has 2 aromatic rings. The minimum absolute atomic E-state index is 0.440. The minimum Gasteiger partial charge on any atom is -0.478 e. The number of aromatic carboxylic acids is 1. The first-order valence-corrected chi connectivity index (χ1v) is 6.24. The zero-order valence-corrected chi connectivity index (χ0v) is 9.96. The van der Waals surface area contributed by atoms with Crippen LogP contribution in [0.5, 0.6) is 0 Å². The smallest absolute Gasteiger partial charge is 0.337 e. The van der Waals surface area contributed by atoms with Crippen molar-refractivity contribution in [2.24, 2.45) is 0 Å². The summed E-state index contributed by atoms with van der Waals surface area (Å²) in [5.74, 6) is -1.40. The largest absolute Gasteiger partial charge is 0.478 e. The number of hydrogen-bond acceptors (Lipinski definition) is 3. The average Bonchev–Trinajstić information content (AvgIpc) is 2.86. The molecule has 6 nitrogen and oxygen atoms in total.